The molecule has 7 nitrogen and oxygen atoms in total. The summed E-state index contributed by atoms with van der Waals surface area (Å²) in [5, 5.41) is 2.20. The molecule has 2 aliphatic heterocycles. The molecular formula is C33H36F3N5O2. The van der Waals surface area contributed by atoms with Crippen molar-refractivity contribution in [2.75, 3.05) is 44.2 Å². The Kier molecular flexibility index (Phi) is 8.05. The molecule has 0 bridgehead atoms. The number of para-hydroxylation sites is 4. The van der Waals surface area contributed by atoms with Crippen molar-refractivity contribution >= 4 is 22.9 Å². The predicted molar refractivity (Wildman–Crippen MR) is 161 cm³/mol. The lowest BCUT2D eigenvalue weighted by atomic mass is 9.68. The number of unbranched alkanes of at least 4 members (excludes halogenated alkanes) is 1. The number of amides is 1. The molecule has 10 heteroatoms. The molecule has 6 rings (SSSR count). The van der Waals surface area contributed by atoms with Crippen molar-refractivity contribution in [2.24, 2.45) is 7.05 Å². The number of anilines is 1. The third kappa shape index (κ3) is 5.80. The number of nitrogens with one attached hydrogen (secondary N) is 1. The van der Waals surface area contributed by atoms with Gasteiger partial charge in [-0.25, -0.2) is 4.98 Å². The van der Waals surface area contributed by atoms with Gasteiger partial charge in [-0.15, -0.1) is 0 Å². The minimum atomic E-state index is -4.51. The average Bonchev–Trinajstić information content (AvgIpc) is 3.17. The molecule has 2 aliphatic rings. The largest absolute Gasteiger partial charge is 0.457 e. The number of alkyl halides is 3. The molecule has 1 saturated heterocycles. The van der Waals surface area contributed by atoms with Crippen LogP contribution in [0.3, 0.4) is 0 Å². The van der Waals surface area contributed by atoms with Crippen LogP contribution in [0.4, 0.5) is 19.1 Å². The maximum Gasteiger partial charge on any atom is 0.405 e. The molecular weight excluding hydrogens is 555 g/mol. The van der Waals surface area contributed by atoms with E-state index in [1.54, 1.807) is 48.5 Å². The molecule has 43 heavy (non-hydrogen) atoms. The Morgan fingerprint density at radius 3 is 2.28 bits per heavy atom. The minimum absolute atomic E-state index is 0.369. The lowest BCUT2D eigenvalue weighted by Gasteiger charge is -2.39. The first kappa shape index (κ1) is 29.0. The molecule has 3 heterocycles. The van der Waals surface area contributed by atoms with Crippen molar-refractivity contribution in [1.29, 1.82) is 0 Å². The zero-order valence-corrected chi connectivity index (χ0v) is 24.2. The summed E-state index contributed by atoms with van der Waals surface area (Å²) in [6, 6.07) is 22.5. The molecule has 0 saturated carbocycles. The molecule has 0 spiro atoms. The van der Waals surface area contributed by atoms with E-state index in [-0.39, 0.29) is 0 Å². The van der Waals surface area contributed by atoms with E-state index in [1.807, 2.05) is 18.2 Å². The van der Waals surface area contributed by atoms with E-state index in [0.29, 0.717) is 35.5 Å². The van der Waals surface area contributed by atoms with E-state index in [9.17, 15) is 18.0 Å². The summed E-state index contributed by atoms with van der Waals surface area (Å²) >= 11 is 0. The number of imidazole rings is 1. The van der Waals surface area contributed by atoms with Gasteiger partial charge in [-0.3, -0.25) is 4.79 Å². The van der Waals surface area contributed by atoms with Gasteiger partial charge in [-0.05, 0) is 56.6 Å². The van der Waals surface area contributed by atoms with Gasteiger partial charge in [0.05, 0.1) is 11.0 Å². The maximum atomic E-state index is 13.8. The van der Waals surface area contributed by atoms with Gasteiger partial charge in [0.1, 0.15) is 23.5 Å². The van der Waals surface area contributed by atoms with Crippen LogP contribution in [-0.4, -0.2) is 65.8 Å². The number of benzene rings is 3. The Labute approximate surface area is 249 Å². The predicted octanol–water partition coefficient (Wildman–Crippen LogP) is 6.03. The summed E-state index contributed by atoms with van der Waals surface area (Å²) in [7, 11) is 2.06. The van der Waals surface area contributed by atoms with E-state index in [1.165, 1.54) is 0 Å². The smallest absolute Gasteiger partial charge is 0.405 e. The van der Waals surface area contributed by atoms with Gasteiger partial charge in [0.15, 0.2) is 0 Å². The molecule has 0 unspecified atom stereocenters. The van der Waals surface area contributed by atoms with Gasteiger partial charge in [0, 0.05) is 37.8 Å². The highest BCUT2D eigenvalue weighted by Crippen LogP contribution is 2.50. The molecule has 3 aromatic carbocycles. The average molecular weight is 592 g/mol. The molecule has 1 N–H and O–H groups in total. The van der Waals surface area contributed by atoms with Crippen molar-refractivity contribution in [2.45, 2.75) is 37.3 Å². The number of rotatable bonds is 8. The standard InChI is InChI=1S/C33H36F3N5O2/c1-39-27-14-5-4-13-26(27)38-31(39)41-20-10-19-40(21-22-41)18-9-8-17-32(30(42)37-23-33(34,35)36)24-11-2-6-15-28(24)43-29-16-7-3-12-25(29)32/h2-7,11-16H,8-10,17-23H2,1H3,(H,37,42). The third-order valence-corrected chi connectivity index (χ3v) is 8.66. The second-order valence-corrected chi connectivity index (χ2v) is 11.4. The van der Waals surface area contributed by atoms with Crippen LogP contribution in [0, 0.1) is 0 Å². The Bertz CT molecular complexity index is 1560. The molecule has 1 fully saturated rings. The van der Waals surface area contributed by atoms with Crippen molar-refractivity contribution in [3.63, 3.8) is 0 Å². The van der Waals surface area contributed by atoms with Crippen LogP contribution in [0.2, 0.25) is 0 Å². The molecule has 4 aromatic rings. The van der Waals surface area contributed by atoms with Crippen molar-refractivity contribution < 1.29 is 22.7 Å². The Morgan fingerprint density at radius 1 is 0.907 bits per heavy atom. The fourth-order valence-corrected chi connectivity index (χ4v) is 6.57. The number of fused-ring (bicyclic) bond motifs is 3. The third-order valence-electron chi connectivity index (χ3n) is 8.66. The monoisotopic (exact) mass is 591 g/mol. The zero-order valence-electron chi connectivity index (χ0n) is 24.2. The van der Waals surface area contributed by atoms with Crippen LogP contribution >= 0.6 is 0 Å². The number of hydrogen-bond donors (Lipinski definition) is 1. The first-order valence-electron chi connectivity index (χ1n) is 14.9. The second kappa shape index (κ2) is 11.9. The van der Waals surface area contributed by atoms with Crippen molar-refractivity contribution in [1.82, 2.24) is 19.8 Å². The molecule has 1 aromatic heterocycles. The number of ether oxygens (including phenoxy) is 1. The van der Waals surface area contributed by atoms with Gasteiger partial charge < -0.3 is 24.4 Å². The number of aromatic nitrogens is 2. The van der Waals surface area contributed by atoms with Crippen molar-refractivity contribution in [3.8, 4) is 11.5 Å². The molecule has 0 atom stereocenters. The SMILES string of the molecule is Cn1c(N2CCCN(CCCCC3(C(=O)NCC(F)(F)F)c4ccccc4Oc4ccccc43)CC2)nc2ccccc21. The minimum Gasteiger partial charge on any atom is -0.457 e. The Hall–Kier alpha value is -4.05. The fourth-order valence-electron chi connectivity index (χ4n) is 6.57. The van der Waals surface area contributed by atoms with Gasteiger partial charge in [0.2, 0.25) is 11.9 Å². The fraction of sp³-hybridized carbons (Fsp3) is 0.394. The molecule has 1 amide bonds. The number of carbonyl (C=O) groups is 1. The number of aryl methyl sites for hydroxylation is 1. The number of carbonyl (C=O) groups excluding carboxylic acids is 1. The first-order chi connectivity index (χ1) is 20.8. The number of halogens is 3. The first-order valence-corrected chi connectivity index (χ1v) is 14.9. The summed E-state index contributed by atoms with van der Waals surface area (Å²) in [6.45, 7) is 3.09. The molecule has 0 aliphatic carbocycles. The lowest BCUT2D eigenvalue weighted by Crippen LogP contribution is -2.49. The van der Waals surface area contributed by atoms with E-state index in [4.69, 9.17) is 9.72 Å². The van der Waals surface area contributed by atoms with Gasteiger partial charge in [-0.2, -0.15) is 13.2 Å². The van der Waals surface area contributed by atoms with Crippen molar-refractivity contribution in [3.05, 3.63) is 83.9 Å². The molecule has 226 valence electrons. The Morgan fingerprint density at radius 2 is 1.58 bits per heavy atom. The van der Waals surface area contributed by atoms with Crippen LogP contribution in [-0.2, 0) is 17.3 Å². The maximum absolute atomic E-state index is 13.8. The van der Waals surface area contributed by atoms with E-state index in [0.717, 1.165) is 62.5 Å². The van der Waals surface area contributed by atoms with E-state index >= 15 is 0 Å². The summed E-state index contributed by atoms with van der Waals surface area (Å²) in [5.41, 5.74) is 2.02. The van der Waals surface area contributed by atoms with E-state index < -0.39 is 24.0 Å². The Balaban J connectivity index is 1.16. The molecule has 0 radical (unpaired) electrons. The lowest BCUT2D eigenvalue weighted by molar-refractivity contribution is -0.141. The van der Waals surface area contributed by atoms with E-state index in [2.05, 4.69) is 32.8 Å². The van der Waals surface area contributed by atoms with Crippen LogP contribution in [0.25, 0.3) is 11.0 Å². The van der Waals surface area contributed by atoms with Crippen LogP contribution in [0.5, 0.6) is 11.5 Å². The summed E-state index contributed by atoms with van der Waals surface area (Å²) < 4.78 is 47.9. The number of hydrogen-bond acceptors (Lipinski definition) is 5. The highest BCUT2D eigenvalue weighted by molar-refractivity contribution is 5.94. The number of nitrogens with zero attached hydrogens (tertiary/aromatic N) is 4. The second-order valence-electron chi connectivity index (χ2n) is 11.4. The van der Waals surface area contributed by atoms with Crippen LogP contribution < -0.4 is 15.0 Å². The quantitative estimate of drug-likeness (QED) is 0.254. The highest BCUT2D eigenvalue weighted by atomic mass is 19.4. The van der Waals surface area contributed by atoms with Gasteiger partial charge >= 0.3 is 6.18 Å². The zero-order chi connectivity index (χ0) is 30.0. The van der Waals surface area contributed by atoms with Crippen LogP contribution in [0.1, 0.15) is 36.8 Å². The van der Waals surface area contributed by atoms with Crippen LogP contribution in [0.15, 0.2) is 72.8 Å². The van der Waals surface area contributed by atoms with Gasteiger partial charge in [0.25, 0.3) is 0 Å². The highest BCUT2D eigenvalue weighted by Gasteiger charge is 2.48. The van der Waals surface area contributed by atoms with Gasteiger partial charge in [-0.1, -0.05) is 55.0 Å². The summed E-state index contributed by atoms with van der Waals surface area (Å²) in [5.74, 6) is 1.32. The summed E-state index contributed by atoms with van der Waals surface area (Å²) in [6.07, 6.45) is -1.67. The topological polar surface area (TPSA) is 62.6 Å². The summed E-state index contributed by atoms with van der Waals surface area (Å²) in [4.78, 5) is 23.5. The normalized spacial score (nSPS) is 16.7.